The van der Waals surface area contributed by atoms with Crippen LogP contribution in [0.15, 0.2) is 22.7 Å². The van der Waals surface area contributed by atoms with E-state index in [1.807, 2.05) is 6.92 Å². The lowest BCUT2D eigenvalue weighted by Gasteiger charge is -2.14. The highest BCUT2D eigenvalue weighted by molar-refractivity contribution is 9.10. The van der Waals surface area contributed by atoms with Crippen molar-refractivity contribution in [3.05, 3.63) is 28.5 Å². The van der Waals surface area contributed by atoms with Gasteiger partial charge in [-0.2, -0.15) is 0 Å². The molecule has 0 saturated carbocycles. The van der Waals surface area contributed by atoms with Crippen molar-refractivity contribution in [3.8, 4) is 0 Å². The van der Waals surface area contributed by atoms with Crippen molar-refractivity contribution in [1.82, 2.24) is 0 Å². The van der Waals surface area contributed by atoms with Crippen molar-refractivity contribution in [1.29, 1.82) is 0 Å². The zero-order valence-corrected chi connectivity index (χ0v) is 11.4. The molecule has 0 amide bonds. The minimum absolute atomic E-state index is 0.102. The lowest BCUT2D eigenvalue weighted by Crippen LogP contribution is -2.21. The minimum atomic E-state index is -0.335. The van der Waals surface area contributed by atoms with Crippen molar-refractivity contribution in [2.24, 2.45) is 0 Å². The summed E-state index contributed by atoms with van der Waals surface area (Å²) in [6.45, 7) is 3.98. The number of esters is 1. The van der Waals surface area contributed by atoms with Crippen LogP contribution in [0.25, 0.3) is 0 Å². The molecule has 0 fully saturated rings. The van der Waals surface area contributed by atoms with Crippen LogP contribution in [0.2, 0.25) is 0 Å². The smallest absolute Gasteiger partial charge is 0.307 e. The maximum atomic E-state index is 13.2. The second-order valence-corrected chi connectivity index (χ2v) is 4.54. The summed E-state index contributed by atoms with van der Waals surface area (Å²) < 4.78 is 18.5. The lowest BCUT2D eigenvalue weighted by molar-refractivity contribution is -0.143. The standard InChI is InChI=1S/C12H15BrFNO2/c1-3-17-12(16)6-8(2)15-9-4-5-10(13)11(14)7-9/h4-5,7-8,15H,3,6H2,1-2H3. The first kappa shape index (κ1) is 14.0. The van der Waals surface area contributed by atoms with E-state index in [-0.39, 0.29) is 24.2 Å². The molecule has 0 aliphatic heterocycles. The SMILES string of the molecule is CCOC(=O)CC(C)Nc1ccc(Br)c(F)c1. The highest BCUT2D eigenvalue weighted by Gasteiger charge is 2.10. The maximum absolute atomic E-state index is 13.2. The van der Waals surface area contributed by atoms with Crippen LogP contribution in [-0.4, -0.2) is 18.6 Å². The van der Waals surface area contributed by atoms with E-state index in [4.69, 9.17) is 4.74 Å². The molecule has 0 aliphatic rings. The fourth-order valence-corrected chi connectivity index (χ4v) is 1.64. The van der Waals surface area contributed by atoms with Crippen molar-refractivity contribution in [3.63, 3.8) is 0 Å². The number of hydrogen-bond acceptors (Lipinski definition) is 3. The van der Waals surface area contributed by atoms with Gasteiger partial charge in [0, 0.05) is 11.7 Å². The van der Waals surface area contributed by atoms with Gasteiger partial charge in [0.05, 0.1) is 17.5 Å². The topological polar surface area (TPSA) is 38.3 Å². The van der Waals surface area contributed by atoms with Crippen LogP contribution in [0.3, 0.4) is 0 Å². The van der Waals surface area contributed by atoms with Crippen molar-refractivity contribution < 1.29 is 13.9 Å². The Morgan fingerprint density at radius 3 is 2.88 bits per heavy atom. The van der Waals surface area contributed by atoms with E-state index in [1.165, 1.54) is 6.07 Å². The Morgan fingerprint density at radius 2 is 2.29 bits per heavy atom. The molecule has 0 aromatic heterocycles. The molecule has 17 heavy (non-hydrogen) atoms. The number of halogens is 2. The number of hydrogen-bond donors (Lipinski definition) is 1. The molecule has 1 atom stereocenters. The van der Waals surface area contributed by atoms with E-state index in [1.54, 1.807) is 19.1 Å². The molecule has 0 aliphatic carbocycles. The Labute approximate surface area is 108 Å². The van der Waals surface area contributed by atoms with Gasteiger partial charge in [-0.3, -0.25) is 4.79 Å². The first-order chi connectivity index (χ1) is 8.02. The highest BCUT2D eigenvalue weighted by Crippen LogP contribution is 2.20. The van der Waals surface area contributed by atoms with Crippen molar-refractivity contribution >= 4 is 27.6 Å². The second-order valence-electron chi connectivity index (χ2n) is 3.68. The zero-order chi connectivity index (χ0) is 12.8. The van der Waals surface area contributed by atoms with E-state index in [0.29, 0.717) is 16.8 Å². The van der Waals surface area contributed by atoms with Gasteiger partial charge in [0.2, 0.25) is 0 Å². The molecule has 1 aromatic rings. The zero-order valence-electron chi connectivity index (χ0n) is 9.80. The Kier molecular flexibility index (Phi) is 5.41. The highest BCUT2D eigenvalue weighted by atomic mass is 79.9. The van der Waals surface area contributed by atoms with Gasteiger partial charge in [0.15, 0.2) is 0 Å². The van der Waals surface area contributed by atoms with Gasteiger partial charge >= 0.3 is 5.97 Å². The van der Waals surface area contributed by atoms with Gasteiger partial charge in [-0.25, -0.2) is 4.39 Å². The minimum Gasteiger partial charge on any atom is -0.466 e. The average molecular weight is 304 g/mol. The largest absolute Gasteiger partial charge is 0.466 e. The summed E-state index contributed by atoms with van der Waals surface area (Å²) in [5.41, 5.74) is 0.641. The van der Waals surface area contributed by atoms with Gasteiger partial charge in [-0.05, 0) is 48.0 Å². The van der Waals surface area contributed by atoms with Crippen LogP contribution >= 0.6 is 15.9 Å². The van der Waals surface area contributed by atoms with Gasteiger partial charge in [-0.1, -0.05) is 0 Å². The molecular formula is C12H15BrFNO2. The summed E-state index contributed by atoms with van der Waals surface area (Å²) >= 11 is 3.08. The number of carbonyl (C=O) groups is 1. The quantitative estimate of drug-likeness (QED) is 0.848. The van der Waals surface area contributed by atoms with E-state index in [9.17, 15) is 9.18 Å². The van der Waals surface area contributed by atoms with Gasteiger partial charge in [0.1, 0.15) is 5.82 Å². The van der Waals surface area contributed by atoms with E-state index in [0.717, 1.165) is 0 Å². The van der Waals surface area contributed by atoms with Gasteiger partial charge in [0.25, 0.3) is 0 Å². The molecule has 0 radical (unpaired) electrons. The summed E-state index contributed by atoms with van der Waals surface area (Å²) in [5, 5.41) is 3.04. The Balaban J connectivity index is 2.53. The van der Waals surface area contributed by atoms with E-state index in [2.05, 4.69) is 21.2 Å². The summed E-state index contributed by atoms with van der Waals surface area (Å²) in [5.74, 6) is -0.594. The van der Waals surface area contributed by atoms with Gasteiger partial charge in [-0.15, -0.1) is 0 Å². The molecule has 1 unspecified atom stereocenters. The molecule has 1 aromatic carbocycles. The third kappa shape index (κ3) is 4.73. The summed E-state index contributed by atoms with van der Waals surface area (Å²) in [7, 11) is 0. The lowest BCUT2D eigenvalue weighted by atomic mass is 10.2. The van der Waals surface area contributed by atoms with Crippen LogP contribution in [0, 0.1) is 5.82 Å². The molecular weight excluding hydrogens is 289 g/mol. The molecule has 1 N–H and O–H groups in total. The van der Waals surface area contributed by atoms with E-state index < -0.39 is 0 Å². The fourth-order valence-electron chi connectivity index (χ4n) is 1.39. The Bertz CT molecular complexity index is 398. The van der Waals surface area contributed by atoms with Crippen molar-refractivity contribution in [2.75, 3.05) is 11.9 Å². The molecule has 0 heterocycles. The molecule has 1 rings (SSSR count). The van der Waals surface area contributed by atoms with E-state index >= 15 is 0 Å². The second kappa shape index (κ2) is 6.59. The van der Waals surface area contributed by atoms with Crippen molar-refractivity contribution in [2.45, 2.75) is 26.3 Å². The maximum Gasteiger partial charge on any atom is 0.307 e. The first-order valence-electron chi connectivity index (χ1n) is 5.40. The molecule has 3 nitrogen and oxygen atoms in total. The van der Waals surface area contributed by atoms with Crippen LogP contribution in [0.4, 0.5) is 10.1 Å². The number of anilines is 1. The number of benzene rings is 1. The third-order valence-corrected chi connectivity index (χ3v) is 2.75. The predicted octanol–water partition coefficient (Wildman–Crippen LogP) is 3.34. The number of carbonyl (C=O) groups excluding carboxylic acids is 1. The summed E-state index contributed by atoms with van der Waals surface area (Å²) in [4.78, 5) is 11.2. The monoisotopic (exact) mass is 303 g/mol. The number of ether oxygens (including phenoxy) is 1. The number of rotatable bonds is 5. The normalized spacial score (nSPS) is 12.0. The van der Waals surface area contributed by atoms with Gasteiger partial charge < -0.3 is 10.1 Å². The molecule has 94 valence electrons. The van der Waals surface area contributed by atoms with Crippen LogP contribution < -0.4 is 5.32 Å². The summed E-state index contributed by atoms with van der Waals surface area (Å²) in [6, 6.07) is 4.64. The summed E-state index contributed by atoms with van der Waals surface area (Å²) in [6.07, 6.45) is 0.255. The van der Waals surface area contributed by atoms with Crippen LogP contribution in [0.5, 0.6) is 0 Å². The van der Waals surface area contributed by atoms with Crippen LogP contribution in [-0.2, 0) is 9.53 Å². The molecule has 0 spiro atoms. The fraction of sp³-hybridized carbons (Fsp3) is 0.417. The third-order valence-electron chi connectivity index (χ3n) is 2.11. The Morgan fingerprint density at radius 1 is 1.59 bits per heavy atom. The Hall–Kier alpha value is -1.10. The average Bonchev–Trinajstić information content (AvgIpc) is 2.23. The molecule has 5 heteroatoms. The molecule has 0 bridgehead atoms. The predicted molar refractivity (Wildman–Crippen MR) is 68.4 cm³/mol. The van der Waals surface area contributed by atoms with Crippen LogP contribution in [0.1, 0.15) is 20.3 Å². The number of nitrogens with one attached hydrogen (secondary N) is 1. The first-order valence-corrected chi connectivity index (χ1v) is 6.19. The molecule has 0 saturated heterocycles.